The summed E-state index contributed by atoms with van der Waals surface area (Å²) in [6, 6.07) is 3.11. The smallest absolute Gasteiger partial charge is 0.328 e. The molecule has 9 heteroatoms. The summed E-state index contributed by atoms with van der Waals surface area (Å²) in [6.07, 6.45) is 3.77. The van der Waals surface area contributed by atoms with E-state index in [9.17, 15) is 19.5 Å². The van der Waals surface area contributed by atoms with Crippen LogP contribution in [0.2, 0.25) is 0 Å². The molecule has 4 N–H and O–H groups in total. The summed E-state index contributed by atoms with van der Waals surface area (Å²) in [5, 5.41) is 12.9. The van der Waals surface area contributed by atoms with Gasteiger partial charge in [-0.1, -0.05) is 0 Å². The molecule has 1 amide bonds. The SMILES string of the molecule is O=C(N/N=C/c1c(O)[nH]c(=O)[nH]c1=O)c1cccnc1. The topological polar surface area (TPSA) is 140 Å². The summed E-state index contributed by atoms with van der Waals surface area (Å²) in [4.78, 5) is 41.4. The molecular weight excluding hydrogens is 266 g/mol. The van der Waals surface area contributed by atoms with E-state index >= 15 is 0 Å². The zero-order chi connectivity index (χ0) is 14.5. The van der Waals surface area contributed by atoms with Gasteiger partial charge in [0.05, 0.1) is 11.8 Å². The van der Waals surface area contributed by atoms with Crippen molar-refractivity contribution >= 4 is 12.1 Å². The zero-order valence-electron chi connectivity index (χ0n) is 9.95. The molecule has 0 unspecified atom stereocenters. The molecule has 20 heavy (non-hydrogen) atoms. The highest BCUT2D eigenvalue weighted by Crippen LogP contribution is 2.00. The third kappa shape index (κ3) is 2.96. The number of carbonyl (C=O) groups is 1. The molecule has 0 fully saturated rings. The molecule has 0 spiro atoms. The van der Waals surface area contributed by atoms with Gasteiger partial charge in [-0.15, -0.1) is 0 Å². The van der Waals surface area contributed by atoms with Gasteiger partial charge in [0.25, 0.3) is 11.5 Å². The van der Waals surface area contributed by atoms with Gasteiger partial charge < -0.3 is 5.11 Å². The summed E-state index contributed by atoms with van der Waals surface area (Å²) in [7, 11) is 0. The quantitative estimate of drug-likeness (QED) is 0.417. The molecule has 0 saturated heterocycles. The van der Waals surface area contributed by atoms with Crippen LogP contribution in [0.1, 0.15) is 15.9 Å². The molecule has 0 saturated carbocycles. The molecule has 0 aromatic carbocycles. The molecule has 102 valence electrons. The Morgan fingerprint density at radius 1 is 1.40 bits per heavy atom. The summed E-state index contributed by atoms with van der Waals surface area (Å²) < 4.78 is 0. The highest BCUT2D eigenvalue weighted by Gasteiger charge is 2.06. The number of carbonyl (C=O) groups excluding carboxylic acids is 1. The Morgan fingerprint density at radius 3 is 2.85 bits per heavy atom. The Labute approximate surface area is 111 Å². The Kier molecular flexibility index (Phi) is 3.70. The standard InChI is InChI=1S/C11H9N5O4/c17-8(6-2-1-3-12-4-6)16-13-5-7-9(18)14-11(20)15-10(7)19/h1-5H,(H,16,17)(H3,14,15,18,19,20)/b13-5+. The Hall–Kier alpha value is -3.23. The Balaban J connectivity index is 2.14. The number of amides is 1. The second-order valence-electron chi connectivity index (χ2n) is 3.61. The predicted molar refractivity (Wildman–Crippen MR) is 68.6 cm³/mol. The Bertz CT molecular complexity index is 762. The van der Waals surface area contributed by atoms with Gasteiger partial charge in [0.1, 0.15) is 5.56 Å². The maximum atomic E-state index is 11.6. The van der Waals surface area contributed by atoms with E-state index < -0.39 is 23.0 Å². The molecule has 9 nitrogen and oxygen atoms in total. The first-order valence-corrected chi connectivity index (χ1v) is 5.37. The summed E-state index contributed by atoms with van der Waals surface area (Å²) in [6.45, 7) is 0. The fraction of sp³-hybridized carbons (Fsp3) is 0. The molecule has 0 bridgehead atoms. The van der Waals surface area contributed by atoms with Crippen LogP contribution < -0.4 is 16.7 Å². The van der Waals surface area contributed by atoms with E-state index in [4.69, 9.17) is 0 Å². The van der Waals surface area contributed by atoms with Crippen LogP contribution in [-0.2, 0) is 0 Å². The molecule has 2 heterocycles. The summed E-state index contributed by atoms with van der Waals surface area (Å²) in [5.41, 5.74) is 0.480. The van der Waals surface area contributed by atoms with Crippen molar-refractivity contribution in [3.8, 4) is 5.88 Å². The lowest BCUT2D eigenvalue weighted by Crippen LogP contribution is -2.25. The number of H-pyrrole nitrogens is 2. The average Bonchev–Trinajstić information content (AvgIpc) is 2.42. The van der Waals surface area contributed by atoms with E-state index in [1.54, 1.807) is 6.07 Å². The zero-order valence-corrected chi connectivity index (χ0v) is 9.95. The summed E-state index contributed by atoms with van der Waals surface area (Å²) >= 11 is 0. The molecule has 0 aliphatic carbocycles. The van der Waals surface area contributed by atoms with Gasteiger partial charge in [0.15, 0.2) is 0 Å². The van der Waals surface area contributed by atoms with Crippen LogP contribution >= 0.6 is 0 Å². The van der Waals surface area contributed by atoms with Crippen LogP contribution in [-0.4, -0.2) is 32.2 Å². The molecule has 2 rings (SSSR count). The maximum Gasteiger partial charge on any atom is 0.328 e. The lowest BCUT2D eigenvalue weighted by molar-refractivity contribution is 0.0954. The molecular formula is C11H9N5O4. The molecule has 2 aromatic rings. The number of hydrogen-bond donors (Lipinski definition) is 4. The van der Waals surface area contributed by atoms with Crippen molar-refractivity contribution in [2.45, 2.75) is 0 Å². The van der Waals surface area contributed by atoms with E-state index in [-0.39, 0.29) is 11.1 Å². The number of hydrazone groups is 1. The van der Waals surface area contributed by atoms with E-state index in [0.717, 1.165) is 6.21 Å². The highest BCUT2D eigenvalue weighted by molar-refractivity contribution is 5.94. The van der Waals surface area contributed by atoms with Crippen LogP contribution in [0, 0.1) is 0 Å². The fourth-order valence-electron chi connectivity index (χ4n) is 1.32. The minimum absolute atomic E-state index is 0.281. The minimum atomic E-state index is -0.843. The number of aromatic hydroxyl groups is 1. The fourth-order valence-corrected chi connectivity index (χ4v) is 1.32. The van der Waals surface area contributed by atoms with Gasteiger partial charge >= 0.3 is 5.69 Å². The molecule has 0 atom stereocenters. The third-order valence-corrected chi connectivity index (χ3v) is 2.24. The monoisotopic (exact) mass is 275 g/mol. The maximum absolute atomic E-state index is 11.6. The van der Waals surface area contributed by atoms with E-state index in [0.29, 0.717) is 0 Å². The van der Waals surface area contributed by atoms with Gasteiger partial charge in [-0.2, -0.15) is 5.10 Å². The molecule has 0 radical (unpaired) electrons. The first-order chi connectivity index (χ1) is 9.58. The predicted octanol–water partition coefficient (Wildman–Crippen LogP) is -1.07. The van der Waals surface area contributed by atoms with Crippen molar-refractivity contribution in [2.24, 2.45) is 5.10 Å². The van der Waals surface area contributed by atoms with Crippen LogP contribution in [0.3, 0.4) is 0 Å². The second-order valence-corrected chi connectivity index (χ2v) is 3.61. The van der Waals surface area contributed by atoms with Crippen molar-refractivity contribution in [3.05, 3.63) is 56.5 Å². The van der Waals surface area contributed by atoms with Crippen molar-refractivity contribution in [2.75, 3.05) is 0 Å². The average molecular weight is 275 g/mol. The molecule has 2 aromatic heterocycles. The van der Waals surface area contributed by atoms with E-state index in [1.165, 1.54) is 18.5 Å². The number of rotatable bonds is 3. The van der Waals surface area contributed by atoms with Crippen molar-refractivity contribution in [3.63, 3.8) is 0 Å². The summed E-state index contributed by atoms with van der Waals surface area (Å²) in [5.74, 6) is -1.17. The van der Waals surface area contributed by atoms with E-state index in [2.05, 4.69) is 15.5 Å². The number of aromatic amines is 2. The lowest BCUT2D eigenvalue weighted by Gasteiger charge is -1.99. The number of hydrogen-bond acceptors (Lipinski definition) is 6. The third-order valence-electron chi connectivity index (χ3n) is 2.24. The lowest BCUT2D eigenvalue weighted by atomic mass is 10.3. The Morgan fingerprint density at radius 2 is 2.20 bits per heavy atom. The van der Waals surface area contributed by atoms with Crippen LogP contribution in [0.4, 0.5) is 0 Å². The first-order valence-electron chi connectivity index (χ1n) is 5.37. The normalized spacial score (nSPS) is 10.6. The van der Waals surface area contributed by atoms with Crippen molar-refractivity contribution in [1.29, 1.82) is 0 Å². The number of nitrogens with zero attached hydrogens (tertiary/aromatic N) is 2. The minimum Gasteiger partial charge on any atom is -0.494 e. The molecule has 0 aliphatic heterocycles. The molecule has 0 aliphatic rings. The number of nitrogens with one attached hydrogen (secondary N) is 3. The van der Waals surface area contributed by atoms with Gasteiger partial charge in [0, 0.05) is 12.4 Å². The number of pyridine rings is 1. The van der Waals surface area contributed by atoms with Gasteiger partial charge in [-0.05, 0) is 12.1 Å². The van der Waals surface area contributed by atoms with E-state index in [1.807, 2.05) is 9.97 Å². The van der Waals surface area contributed by atoms with Gasteiger partial charge in [-0.25, -0.2) is 10.2 Å². The van der Waals surface area contributed by atoms with Gasteiger partial charge in [0.2, 0.25) is 5.88 Å². The number of aromatic nitrogens is 3. The van der Waals surface area contributed by atoms with Crippen LogP contribution in [0.25, 0.3) is 0 Å². The largest absolute Gasteiger partial charge is 0.494 e. The van der Waals surface area contributed by atoms with Crippen molar-refractivity contribution in [1.82, 2.24) is 20.4 Å². The van der Waals surface area contributed by atoms with Crippen molar-refractivity contribution < 1.29 is 9.90 Å². The van der Waals surface area contributed by atoms with Crippen LogP contribution in [0.15, 0.2) is 39.2 Å². The second kappa shape index (κ2) is 5.61. The highest BCUT2D eigenvalue weighted by atomic mass is 16.3. The van der Waals surface area contributed by atoms with Crippen LogP contribution in [0.5, 0.6) is 5.88 Å². The first kappa shape index (κ1) is 13.2. The van der Waals surface area contributed by atoms with Gasteiger partial charge in [-0.3, -0.25) is 24.5 Å².